The molecule has 0 N–H and O–H groups in total. The fourth-order valence-electron chi connectivity index (χ4n) is 4.16. The molecule has 3 aliphatic rings. The van der Waals surface area contributed by atoms with E-state index in [1.165, 1.54) is 30.3 Å². The second-order valence-electron chi connectivity index (χ2n) is 7.02. The number of carbonyl (C=O) groups is 4. The predicted octanol–water partition coefficient (Wildman–Crippen LogP) is 0.824. The minimum Gasteiger partial charge on any atom is -0.422 e. The van der Waals surface area contributed by atoms with Crippen molar-refractivity contribution in [3.8, 4) is 6.07 Å². The van der Waals surface area contributed by atoms with Gasteiger partial charge in [0.25, 0.3) is 6.29 Å². The van der Waals surface area contributed by atoms with Gasteiger partial charge in [0.1, 0.15) is 0 Å². The van der Waals surface area contributed by atoms with E-state index in [1.807, 2.05) is 6.07 Å². The third-order valence-electron chi connectivity index (χ3n) is 5.25. The molecule has 9 nitrogen and oxygen atoms in total. The number of imide groups is 1. The lowest BCUT2D eigenvalue weighted by molar-refractivity contribution is -0.226. The molecule has 4 atom stereocenters. The first-order valence-electron chi connectivity index (χ1n) is 8.88. The Hall–Kier alpha value is -3.51. The van der Waals surface area contributed by atoms with E-state index in [0.717, 1.165) is 18.7 Å². The summed E-state index contributed by atoms with van der Waals surface area (Å²) in [6, 6.07) is 8.00. The summed E-state index contributed by atoms with van der Waals surface area (Å²) < 4.78 is 16.2. The van der Waals surface area contributed by atoms with Gasteiger partial charge in [0.2, 0.25) is 11.8 Å². The quantitative estimate of drug-likeness (QED) is 0.317. The zero-order chi connectivity index (χ0) is 20.9. The van der Waals surface area contributed by atoms with Gasteiger partial charge in [-0.1, -0.05) is 6.08 Å². The lowest BCUT2D eigenvalue weighted by atomic mass is 9.76. The van der Waals surface area contributed by atoms with E-state index in [1.54, 1.807) is 6.08 Å². The Bertz CT molecular complexity index is 977. The molecule has 0 aliphatic carbocycles. The number of nitriles is 1. The molecule has 0 aromatic heterocycles. The molecule has 2 fully saturated rings. The van der Waals surface area contributed by atoms with Crippen LogP contribution in [0.3, 0.4) is 0 Å². The maximum absolute atomic E-state index is 13.3. The van der Waals surface area contributed by atoms with E-state index < -0.39 is 53.6 Å². The molecule has 2 saturated heterocycles. The highest BCUT2D eigenvalue weighted by atomic mass is 16.7. The van der Waals surface area contributed by atoms with Crippen molar-refractivity contribution >= 4 is 29.4 Å². The first-order valence-corrected chi connectivity index (χ1v) is 8.88. The molecule has 4 rings (SSSR count). The molecule has 2 bridgehead atoms. The number of hydrogen-bond donors (Lipinski definition) is 0. The van der Waals surface area contributed by atoms with Crippen molar-refractivity contribution in [2.75, 3.05) is 4.90 Å². The van der Waals surface area contributed by atoms with Crippen LogP contribution in [0.4, 0.5) is 5.69 Å². The van der Waals surface area contributed by atoms with Crippen molar-refractivity contribution in [3.63, 3.8) is 0 Å². The monoisotopic (exact) mass is 396 g/mol. The van der Waals surface area contributed by atoms with Crippen LogP contribution in [-0.2, 0) is 33.4 Å². The molecule has 148 valence electrons. The highest BCUT2D eigenvalue weighted by Gasteiger charge is 2.72. The first-order chi connectivity index (χ1) is 13.8. The Kier molecular flexibility index (Phi) is 4.24. The molecule has 0 radical (unpaired) electrons. The van der Waals surface area contributed by atoms with Crippen LogP contribution >= 0.6 is 0 Å². The molecule has 2 amide bonds. The van der Waals surface area contributed by atoms with Crippen molar-refractivity contribution in [2.45, 2.75) is 31.8 Å². The Morgan fingerprint density at radius 1 is 1.14 bits per heavy atom. The van der Waals surface area contributed by atoms with Gasteiger partial charge < -0.3 is 14.2 Å². The summed E-state index contributed by atoms with van der Waals surface area (Å²) in [5.74, 6) is -4.34. The lowest BCUT2D eigenvalue weighted by Crippen LogP contribution is -2.52. The topological polar surface area (TPSA) is 123 Å². The smallest absolute Gasteiger partial charge is 0.305 e. The molecule has 0 saturated carbocycles. The van der Waals surface area contributed by atoms with Gasteiger partial charge in [-0.25, -0.2) is 4.90 Å². The molecule has 3 aliphatic heterocycles. The standard InChI is InChI=1S/C20H16N2O7/c1-10(23)27-19(28-11(2)24)20-8-7-14(29-20)15-16(20)18(26)22(17(15)25)13-5-3-12(9-21)4-6-13/h3-8,14-16,19H,1-2H3/t14-,15+,16+,20+/m1/s1. The minimum absolute atomic E-state index is 0.319. The van der Waals surface area contributed by atoms with E-state index in [0.29, 0.717) is 11.3 Å². The third kappa shape index (κ3) is 2.72. The largest absolute Gasteiger partial charge is 0.422 e. The number of anilines is 1. The maximum Gasteiger partial charge on any atom is 0.305 e. The van der Waals surface area contributed by atoms with Gasteiger partial charge in [-0.05, 0) is 30.3 Å². The maximum atomic E-state index is 13.3. The Balaban J connectivity index is 1.73. The summed E-state index contributed by atoms with van der Waals surface area (Å²) >= 11 is 0. The summed E-state index contributed by atoms with van der Waals surface area (Å²) in [5, 5.41) is 8.94. The predicted molar refractivity (Wildman–Crippen MR) is 94.7 cm³/mol. The highest BCUT2D eigenvalue weighted by molar-refractivity contribution is 6.23. The van der Waals surface area contributed by atoms with Crippen LogP contribution in [0.1, 0.15) is 19.4 Å². The fourth-order valence-corrected chi connectivity index (χ4v) is 4.16. The zero-order valence-electron chi connectivity index (χ0n) is 15.5. The minimum atomic E-state index is -1.58. The van der Waals surface area contributed by atoms with Gasteiger partial charge in [0, 0.05) is 13.8 Å². The van der Waals surface area contributed by atoms with Crippen LogP contribution in [0.15, 0.2) is 36.4 Å². The SMILES string of the molecule is CC(=O)OC(OC(C)=O)[C@@]12C=C[C@@H](O1)[C@@H]1C(=O)N(c3ccc(C#N)cc3)C(=O)[C@H]12. The third-order valence-corrected chi connectivity index (χ3v) is 5.25. The lowest BCUT2D eigenvalue weighted by Gasteiger charge is -2.34. The molecule has 9 heteroatoms. The van der Waals surface area contributed by atoms with Crippen molar-refractivity contribution in [3.05, 3.63) is 42.0 Å². The van der Waals surface area contributed by atoms with Crippen LogP contribution in [0.5, 0.6) is 0 Å². The molecular weight excluding hydrogens is 380 g/mol. The Labute approximate surface area is 165 Å². The number of amides is 2. The summed E-state index contributed by atoms with van der Waals surface area (Å²) in [4.78, 5) is 50.5. The van der Waals surface area contributed by atoms with E-state index in [4.69, 9.17) is 19.5 Å². The molecule has 29 heavy (non-hydrogen) atoms. The van der Waals surface area contributed by atoms with Crippen molar-refractivity contribution in [1.82, 2.24) is 0 Å². The molecule has 3 heterocycles. The average molecular weight is 396 g/mol. The number of rotatable bonds is 4. The van der Waals surface area contributed by atoms with Crippen molar-refractivity contribution in [2.24, 2.45) is 11.8 Å². The fraction of sp³-hybridized carbons (Fsp3) is 0.350. The van der Waals surface area contributed by atoms with Crippen LogP contribution < -0.4 is 4.90 Å². The van der Waals surface area contributed by atoms with Crippen molar-refractivity contribution < 1.29 is 33.4 Å². The number of esters is 2. The number of benzene rings is 1. The molecule has 0 unspecified atom stereocenters. The second kappa shape index (κ2) is 6.53. The number of carbonyl (C=O) groups excluding carboxylic acids is 4. The van der Waals surface area contributed by atoms with Crippen LogP contribution in [0, 0.1) is 23.2 Å². The normalized spacial score (nSPS) is 29.2. The number of fused-ring (bicyclic) bond motifs is 5. The van der Waals surface area contributed by atoms with Gasteiger partial charge in [-0.15, -0.1) is 0 Å². The van der Waals surface area contributed by atoms with Crippen LogP contribution in [-0.4, -0.2) is 41.7 Å². The second-order valence-corrected chi connectivity index (χ2v) is 7.02. The molecule has 1 aromatic carbocycles. The first kappa shape index (κ1) is 18.8. The highest BCUT2D eigenvalue weighted by Crippen LogP contribution is 2.54. The van der Waals surface area contributed by atoms with Gasteiger partial charge in [-0.2, -0.15) is 5.26 Å². The number of hydrogen-bond acceptors (Lipinski definition) is 8. The van der Waals surface area contributed by atoms with E-state index in [9.17, 15) is 19.2 Å². The van der Waals surface area contributed by atoms with Crippen molar-refractivity contribution in [1.29, 1.82) is 5.26 Å². The summed E-state index contributed by atoms with van der Waals surface area (Å²) in [7, 11) is 0. The summed E-state index contributed by atoms with van der Waals surface area (Å²) in [6.45, 7) is 2.28. The van der Waals surface area contributed by atoms with Crippen LogP contribution in [0.25, 0.3) is 0 Å². The Morgan fingerprint density at radius 3 is 2.31 bits per heavy atom. The van der Waals surface area contributed by atoms with Gasteiger partial charge >= 0.3 is 11.9 Å². The van der Waals surface area contributed by atoms with Gasteiger partial charge in [0.05, 0.1) is 35.3 Å². The summed E-state index contributed by atoms with van der Waals surface area (Å²) in [5.41, 5.74) is -0.875. The van der Waals surface area contributed by atoms with Gasteiger partial charge in [0.15, 0.2) is 5.60 Å². The zero-order valence-corrected chi connectivity index (χ0v) is 15.5. The summed E-state index contributed by atoms with van der Waals surface area (Å²) in [6.07, 6.45) is 0.900. The Morgan fingerprint density at radius 2 is 1.76 bits per heavy atom. The number of ether oxygens (including phenoxy) is 3. The average Bonchev–Trinajstić information content (AvgIpc) is 3.32. The van der Waals surface area contributed by atoms with E-state index in [-0.39, 0.29) is 0 Å². The van der Waals surface area contributed by atoms with E-state index >= 15 is 0 Å². The molecular formula is C20H16N2O7. The van der Waals surface area contributed by atoms with Crippen LogP contribution in [0.2, 0.25) is 0 Å². The molecule has 0 spiro atoms. The van der Waals surface area contributed by atoms with Gasteiger partial charge in [-0.3, -0.25) is 19.2 Å². The molecule has 1 aromatic rings. The van der Waals surface area contributed by atoms with E-state index in [2.05, 4.69) is 0 Å². The number of nitrogens with zero attached hydrogens (tertiary/aromatic N) is 2.